The molecule has 0 spiro atoms. The van der Waals surface area contributed by atoms with Gasteiger partial charge in [-0.25, -0.2) is 9.59 Å². The van der Waals surface area contributed by atoms with Crippen molar-refractivity contribution in [2.45, 2.75) is 32.2 Å². The van der Waals surface area contributed by atoms with Crippen molar-refractivity contribution in [1.82, 2.24) is 15.1 Å². The first-order valence-corrected chi connectivity index (χ1v) is 6.87. The molecule has 0 saturated carbocycles. The van der Waals surface area contributed by atoms with Crippen molar-refractivity contribution in [3.63, 3.8) is 0 Å². The van der Waals surface area contributed by atoms with E-state index in [9.17, 15) is 9.59 Å². The van der Waals surface area contributed by atoms with Crippen LogP contribution in [0.4, 0.5) is 4.79 Å². The molecule has 1 fully saturated rings. The van der Waals surface area contributed by atoms with Gasteiger partial charge >= 0.3 is 12.0 Å². The van der Waals surface area contributed by atoms with Crippen LogP contribution in [0.1, 0.15) is 26.2 Å². The molecule has 0 aliphatic carbocycles. The molecular weight excluding hydrogens is 246 g/mol. The molecule has 110 valence electrons. The van der Waals surface area contributed by atoms with Crippen molar-refractivity contribution in [1.29, 1.82) is 0 Å². The van der Waals surface area contributed by atoms with Gasteiger partial charge in [0.15, 0.2) is 0 Å². The fourth-order valence-electron chi connectivity index (χ4n) is 2.45. The Labute approximate surface area is 114 Å². The number of nitrogens with zero attached hydrogens (tertiary/aromatic N) is 2. The zero-order valence-electron chi connectivity index (χ0n) is 12.1. The number of carbonyl (C=O) groups excluding carboxylic acids is 1. The van der Waals surface area contributed by atoms with Crippen molar-refractivity contribution in [3.8, 4) is 0 Å². The quantitative estimate of drug-likeness (QED) is 0.750. The summed E-state index contributed by atoms with van der Waals surface area (Å²) in [4.78, 5) is 26.8. The number of urea groups is 1. The molecular formula is C13H25N3O3. The smallest absolute Gasteiger partial charge is 0.326 e. The molecule has 1 heterocycles. The number of likely N-dealkylation sites (tertiary alicyclic amines) is 1. The molecule has 0 aromatic heterocycles. The molecule has 1 aliphatic rings. The van der Waals surface area contributed by atoms with Crippen LogP contribution in [-0.2, 0) is 4.79 Å². The molecule has 2 amide bonds. The lowest BCUT2D eigenvalue weighted by molar-refractivity contribution is -0.139. The van der Waals surface area contributed by atoms with Crippen molar-refractivity contribution in [3.05, 3.63) is 0 Å². The molecule has 0 aromatic carbocycles. The van der Waals surface area contributed by atoms with E-state index in [1.807, 2.05) is 6.92 Å². The average Bonchev–Trinajstić information content (AvgIpc) is 2.73. The molecule has 2 unspecified atom stereocenters. The number of carbonyl (C=O) groups is 2. The summed E-state index contributed by atoms with van der Waals surface area (Å²) in [7, 11) is 3.79. The Morgan fingerprint density at radius 3 is 2.68 bits per heavy atom. The van der Waals surface area contributed by atoms with Crippen molar-refractivity contribution in [2.75, 3.05) is 33.7 Å². The standard InChI is InChI=1S/C13H25N3O3/c1-4-5-11(12(17)18)14-13(19)16(3)9-10-6-7-15(2)8-10/h10-11H,4-9H2,1-3H3,(H,14,19)(H,17,18). The molecule has 6 nitrogen and oxygen atoms in total. The van der Waals surface area contributed by atoms with Crippen LogP contribution in [0.5, 0.6) is 0 Å². The van der Waals surface area contributed by atoms with E-state index in [2.05, 4.69) is 17.3 Å². The molecule has 19 heavy (non-hydrogen) atoms. The number of hydrogen-bond acceptors (Lipinski definition) is 3. The average molecular weight is 271 g/mol. The molecule has 0 aromatic rings. The van der Waals surface area contributed by atoms with E-state index in [0.29, 0.717) is 18.9 Å². The van der Waals surface area contributed by atoms with Gasteiger partial charge in [-0.05, 0) is 32.4 Å². The maximum atomic E-state index is 11.9. The Balaban J connectivity index is 2.40. The Bertz CT molecular complexity index is 322. The molecule has 2 atom stereocenters. The highest BCUT2D eigenvalue weighted by Crippen LogP contribution is 2.15. The van der Waals surface area contributed by atoms with Crippen LogP contribution in [0.25, 0.3) is 0 Å². The summed E-state index contributed by atoms with van der Waals surface area (Å²) in [6.45, 7) is 4.64. The highest BCUT2D eigenvalue weighted by Gasteiger charge is 2.25. The maximum absolute atomic E-state index is 11.9. The summed E-state index contributed by atoms with van der Waals surface area (Å²) in [6, 6.07) is -1.08. The lowest BCUT2D eigenvalue weighted by atomic mass is 10.1. The van der Waals surface area contributed by atoms with Gasteiger partial charge in [0.05, 0.1) is 0 Å². The fraction of sp³-hybridized carbons (Fsp3) is 0.846. The molecule has 2 N–H and O–H groups in total. The Hall–Kier alpha value is -1.30. The summed E-state index contributed by atoms with van der Waals surface area (Å²) >= 11 is 0. The SMILES string of the molecule is CCCC(NC(=O)N(C)CC1CCN(C)C1)C(=O)O. The second kappa shape index (κ2) is 7.33. The van der Waals surface area contributed by atoms with Gasteiger partial charge < -0.3 is 20.2 Å². The van der Waals surface area contributed by atoms with Gasteiger partial charge in [-0.2, -0.15) is 0 Å². The maximum Gasteiger partial charge on any atom is 0.326 e. The summed E-state index contributed by atoms with van der Waals surface area (Å²) in [5.41, 5.74) is 0. The first kappa shape index (κ1) is 15.8. The van der Waals surface area contributed by atoms with E-state index in [1.54, 1.807) is 11.9 Å². The lowest BCUT2D eigenvalue weighted by Gasteiger charge is -2.23. The van der Waals surface area contributed by atoms with Crippen LogP contribution in [0.3, 0.4) is 0 Å². The van der Waals surface area contributed by atoms with Crippen LogP contribution in [0.2, 0.25) is 0 Å². The van der Waals surface area contributed by atoms with Crippen LogP contribution in [0.15, 0.2) is 0 Å². The summed E-state index contributed by atoms with van der Waals surface area (Å²) in [5.74, 6) is -0.487. The largest absolute Gasteiger partial charge is 0.480 e. The first-order chi connectivity index (χ1) is 8.93. The van der Waals surface area contributed by atoms with Gasteiger partial charge in [-0.15, -0.1) is 0 Å². The summed E-state index contributed by atoms with van der Waals surface area (Å²) in [6.07, 6.45) is 2.28. The third kappa shape index (κ3) is 5.06. The Morgan fingerprint density at radius 1 is 1.53 bits per heavy atom. The number of carboxylic acid groups (broad SMARTS) is 1. The number of amides is 2. The third-order valence-corrected chi connectivity index (χ3v) is 3.54. The number of nitrogens with one attached hydrogen (secondary N) is 1. The minimum atomic E-state index is -0.968. The van der Waals surface area contributed by atoms with E-state index >= 15 is 0 Å². The highest BCUT2D eigenvalue weighted by molar-refractivity contribution is 5.82. The zero-order valence-corrected chi connectivity index (χ0v) is 12.1. The van der Waals surface area contributed by atoms with Crippen LogP contribution >= 0.6 is 0 Å². The minimum absolute atomic E-state index is 0.296. The second-order valence-electron chi connectivity index (χ2n) is 5.43. The van der Waals surface area contributed by atoms with Crippen molar-refractivity contribution in [2.24, 2.45) is 5.92 Å². The van der Waals surface area contributed by atoms with Crippen LogP contribution in [0, 0.1) is 5.92 Å². The van der Waals surface area contributed by atoms with Crippen LogP contribution in [-0.4, -0.2) is 66.7 Å². The summed E-state index contributed by atoms with van der Waals surface area (Å²) < 4.78 is 0. The summed E-state index contributed by atoms with van der Waals surface area (Å²) in [5, 5.41) is 11.6. The number of aliphatic carboxylic acids is 1. The number of hydrogen-bond donors (Lipinski definition) is 2. The monoisotopic (exact) mass is 271 g/mol. The number of carboxylic acids is 1. The predicted molar refractivity (Wildman–Crippen MR) is 73.1 cm³/mol. The van der Waals surface area contributed by atoms with Gasteiger partial charge in [-0.3, -0.25) is 0 Å². The molecule has 1 saturated heterocycles. The van der Waals surface area contributed by atoms with E-state index in [-0.39, 0.29) is 6.03 Å². The lowest BCUT2D eigenvalue weighted by Crippen LogP contribution is -2.47. The molecule has 0 radical (unpaired) electrons. The van der Waals surface area contributed by atoms with Gasteiger partial charge in [0.2, 0.25) is 0 Å². The highest BCUT2D eigenvalue weighted by atomic mass is 16.4. The van der Waals surface area contributed by atoms with Gasteiger partial charge in [0, 0.05) is 20.1 Å². The zero-order chi connectivity index (χ0) is 14.4. The second-order valence-corrected chi connectivity index (χ2v) is 5.43. The van der Waals surface area contributed by atoms with E-state index in [0.717, 1.165) is 25.9 Å². The number of rotatable bonds is 6. The van der Waals surface area contributed by atoms with E-state index in [4.69, 9.17) is 5.11 Å². The van der Waals surface area contributed by atoms with Gasteiger partial charge in [0.25, 0.3) is 0 Å². The minimum Gasteiger partial charge on any atom is -0.480 e. The first-order valence-electron chi connectivity index (χ1n) is 6.87. The van der Waals surface area contributed by atoms with Gasteiger partial charge in [-0.1, -0.05) is 13.3 Å². The van der Waals surface area contributed by atoms with E-state index < -0.39 is 12.0 Å². The molecule has 0 bridgehead atoms. The van der Waals surface area contributed by atoms with Gasteiger partial charge in [0.1, 0.15) is 6.04 Å². The van der Waals surface area contributed by atoms with Crippen molar-refractivity contribution >= 4 is 12.0 Å². The van der Waals surface area contributed by atoms with Crippen LogP contribution < -0.4 is 5.32 Å². The predicted octanol–water partition coefficient (Wildman–Crippen LogP) is 0.833. The van der Waals surface area contributed by atoms with Crippen molar-refractivity contribution < 1.29 is 14.7 Å². The topological polar surface area (TPSA) is 72.9 Å². The molecule has 1 aliphatic heterocycles. The normalized spacial score (nSPS) is 21.1. The Morgan fingerprint density at radius 2 is 2.21 bits per heavy atom. The third-order valence-electron chi connectivity index (χ3n) is 3.54. The molecule has 1 rings (SSSR count). The Kier molecular flexibility index (Phi) is 6.08. The fourth-order valence-corrected chi connectivity index (χ4v) is 2.45. The molecule has 6 heteroatoms. The van der Waals surface area contributed by atoms with E-state index in [1.165, 1.54) is 0 Å².